The molecule has 8 nitrogen and oxygen atoms in total. The van der Waals surface area contributed by atoms with Gasteiger partial charge in [0.15, 0.2) is 11.5 Å². The minimum absolute atomic E-state index is 0.0295. The number of halogens is 1. The molecule has 0 radical (unpaired) electrons. The molecule has 1 aromatic carbocycles. The fourth-order valence-electron chi connectivity index (χ4n) is 2.07. The monoisotopic (exact) mass is 365 g/mol. The zero-order valence-corrected chi connectivity index (χ0v) is 15.5. The minimum Gasteiger partial charge on any atom is -0.496 e. The summed E-state index contributed by atoms with van der Waals surface area (Å²) < 4.78 is 30.2. The van der Waals surface area contributed by atoms with Gasteiger partial charge in [-0.05, 0) is 20.8 Å². The first-order valence-electron chi connectivity index (χ1n) is 8.04. The summed E-state index contributed by atoms with van der Waals surface area (Å²) in [5.41, 5.74) is 3.91. The molecule has 0 amide bonds. The number of methoxy groups -OCH3 is 2. The smallest absolute Gasteiger partial charge is 0.228 e. The number of nitrogens with two attached hydrogens (primary N) is 1. The number of anilines is 2. The maximum absolute atomic E-state index is 14.0. The molecule has 1 aromatic heterocycles. The van der Waals surface area contributed by atoms with Gasteiger partial charge in [0.1, 0.15) is 23.9 Å². The summed E-state index contributed by atoms with van der Waals surface area (Å²) in [5.74, 6) is 1.96. The van der Waals surface area contributed by atoms with Crippen molar-refractivity contribution in [1.29, 1.82) is 0 Å². The first-order valence-corrected chi connectivity index (χ1v) is 8.04. The minimum atomic E-state index is -1.72. The Labute approximate surface area is 151 Å². The Bertz CT molecular complexity index is 729. The highest BCUT2D eigenvalue weighted by molar-refractivity contribution is 5.42. The third-order valence-corrected chi connectivity index (χ3v) is 3.38. The standard InChI is InChI=1S/C17H24FN5O3/c1-10(9-26-13-7-11(24-4)6-12(8-13)25-5)20-16-22-14(17(2,3)18)21-15(19)23-16/h6-8,10H,9H2,1-5H3,(H3,19,20,21,22,23). The van der Waals surface area contributed by atoms with E-state index >= 15 is 0 Å². The second kappa shape index (κ2) is 8.03. The first-order chi connectivity index (χ1) is 12.2. The quantitative estimate of drug-likeness (QED) is 0.735. The molecule has 1 heterocycles. The van der Waals surface area contributed by atoms with Gasteiger partial charge in [-0.3, -0.25) is 0 Å². The van der Waals surface area contributed by atoms with Gasteiger partial charge in [0.25, 0.3) is 0 Å². The maximum Gasteiger partial charge on any atom is 0.228 e. The van der Waals surface area contributed by atoms with Crippen LogP contribution in [-0.4, -0.2) is 41.8 Å². The zero-order chi connectivity index (χ0) is 19.3. The largest absolute Gasteiger partial charge is 0.496 e. The topological polar surface area (TPSA) is 104 Å². The predicted molar refractivity (Wildman–Crippen MR) is 96.5 cm³/mol. The van der Waals surface area contributed by atoms with Gasteiger partial charge in [-0.1, -0.05) is 0 Å². The first kappa shape index (κ1) is 19.5. The molecular weight excluding hydrogens is 341 g/mol. The number of aromatic nitrogens is 3. The van der Waals surface area contributed by atoms with Crippen LogP contribution in [0.3, 0.4) is 0 Å². The van der Waals surface area contributed by atoms with E-state index in [0.717, 1.165) is 0 Å². The van der Waals surface area contributed by atoms with Crippen molar-refractivity contribution >= 4 is 11.9 Å². The van der Waals surface area contributed by atoms with Crippen molar-refractivity contribution in [2.24, 2.45) is 0 Å². The molecule has 0 aliphatic heterocycles. The third-order valence-electron chi connectivity index (χ3n) is 3.38. The van der Waals surface area contributed by atoms with Crippen molar-refractivity contribution in [3.05, 3.63) is 24.0 Å². The van der Waals surface area contributed by atoms with Crippen LogP contribution < -0.4 is 25.3 Å². The highest BCUT2D eigenvalue weighted by Crippen LogP contribution is 2.27. The highest BCUT2D eigenvalue weighted by Gasteiger charge is 2.24. The Kier molecular flexibility index (Phi) is 6.01. The van der Waals surface area contributed by atoms with E-state index < -0.39 is 5.67 Å². The van der Waals surface area contributed by atoms with Crippen LogP contribution >= 0.6 is 0 Å². The number of nitrogen functional groups attached to an aromatic ring is 1. The average molecular weight is 365 g/mol. The molecule has 9 heteroatoms. The number of ether oxygens (including phenoxy) is 3. The van der Waals surface area contributed by atoms with Crippen LogP contribution in [-0.2, 0) is 5.67 Å². The van der Waals surface area contributed by atoms with E-state index in [1.54, 1.807) is 32.4 Å². The molecular formula is C17H24FN5O3. The number of benzene rings is 1. The lowest BCUT2D eigenvalue weighted by molar-refractivity contribution is 0.206. The van der Waals surface area contributed by atoms with Crippen LogP contribution in [0, 0.1) is 0 Å². The molecule has 1 atom stereocenters. The van der Waals surface area contributed by atoms with E-state index in [-0.39, 0.29) is 23.8 Å². The van der Waals surface area contributed by atoms with E-state index in [0.29, 0.717) is 23.9 Å². The zero-order valence-electron chi connectivity index (χ0n) is 15.5. The van der Waals surface area contributed by atoms with Crippen LogP contribution in [0.1, 0.15) is 26.6 Å². The van der Waals surface area contributed by atoms with E-state index in [1.807, 2.05) is 6.92 Å². The molecule has 2 rings (SSSR count). The molecule has 0 spiro atoms. The van der Waals surface area contributed by atoms with Crippen LogP contribution in [0.4, 0.5) is 16.3 Å². The Morgan fingerprint density at radius 2 is 1.65 bits per heavy atom. The van der Waals surface area contributed by atoms with Crippen LogP contribution in [0.25, 0.3) is 0 Å². The van der Waals surface area contributed by atoms with Gasteiger partial charge < -0.3 is 25.3 Å². The van der Waals surface area contributed by atoms with Gasteiger partial charge in [-0.2, -0.15) is 15.0 Å². The molecule has 0 saturated heterocycles. The molecule has 0 aliphatic carbocycles. The van der Waals surface area contributed by atoms with Crippen LogP contribution in [0.15, 0.2) is 18.2 Å². The fourth-order valence-corrected chi connectivity index (χ4v) is 2.07. The third kappa shape index (κ3) is 5.33. The highest BCUT2D eigenvalue weighted by atomic mass is 19.1. The Balaban J connectivity index is 2.03. The summed E-state index contributed by atoms with van der Waals surface area (Å²) in [6.45, 7) is 4.89. The summed E-state index contributed by atoms with van der Waals surface area (Å²) in [6.07, 6.45) is 0. The molecule has 0 saturated carbocycles. The average Bonchev–Trinajstić information content (AvgIpc) is 2.58. The predicted octanol–water partition coefficient (Wildman–Crippen LogP) is 2.56. The summed E-state index contributed by atoms with van der Waals surface area (Å²) in [7, 11) is 3.13. The lowest BCUT2D eigenvalue weighted by atomic mass is 10.1. The van der Waals surface area contributed by atoms with Crippen molar-refractivity contribution in [1.82, 2.24) is 15.0 Å². The summed E-state index contributed by atoms with van der Waals surface area (Å²) in [4.78, 5) is 11.9. The number of nitrogens with one attached hydrogen (secondary N) is 1. The molecule has 1 unspecified atom stereocenters. The molecule has 26 heavy (non-hydrogen) atoms. The van der Waals surface area contributed by atoms with Crippen LogP contribution in [0.5, 0.6) is 17.2 Å². The van der Waals surface area contributed by atoms with E-state index in [4.69, 9.17) is 19.9 Å². The number of rotatable bonds is 8. The molecule has 0 bridgehead atoms. The summed E-state index contributed by atoms with van der Waals surface area (Å²) in [6, 6.07) is 5.08. The van der Waals surface area contributed by atoms with Crippen molar-refractivity contribution in [2.45, 2.75) is 32.5 Å². The Morgan fingerprint density at radius 3 is 2.19 bits per heavy atom. The fraction of sp³-hybridized carbons (Fsp3) is 0.471. The number of hydrogen-bond donors (Lipinski definition) is 2. The van der Waals surface area contributed by atoms with Crippen molar-refractivity contribution in [3.63, 3.8) is 0 Å². The second-order valence-electron chi connectivity index (χ2n) is 6.22. The van der Waals surface area contributed by atoms with Crippen LogP contribution in [0.2, 0.25) is 0 Å². The molecule has 3 N–H and O–H groups in total. The molecule has 0 fully saturated rings. The van der Waals surface area contributed by atoms with E-state index in [1.165, 1.54) is 13.8 Å². The van der Waals surface area contributed by atoms with E-state index in [9.17, 15) is 4.39 Å². The van der Waals surface area contributed by atoms with Gasteiger partial charge in [0, 0.05) is 18.2 Å². The van der Waals surface area contributed by atoms with Crippen molar-refractivity contribution < 1.29 is 18.6 Å². The number of hydrogen-bond acceptors (Lipinski definition) is 8. The molecule has 142 valence electrons. The lowest BCUT2D eigenvalue weighted by Crippen LogP contribution is -2.26. The van der Waals surface area contributed by atoms with Gasteiger partial charge in [0.2, 0.25) is 11.9 Å². The normalized spacial score (nSPS) is 12.4. The SMILES string of the molecule is COc1cc(OC)cc(OCC(C)Nc2nc(N)nc(C(C)(C)F)n2)c1. The Morgan fingerprint density at radius 1 is 1.08 bits per heavy atom. The summed E-state index contributed by atoms with van der Waals surface area (Å²) in [5, 5.41) is 3.03. The van der Waals surface area contributed by atoms with Gasteiger partial charge in [-0.15, -0.1) is 0 Å². The van der Waals surface area contributed by atoms with Gasteiger partial charge in [0.05, 0.1) is 20.3 Å². The summed E-state index contributed by atoms with van der Waals surface area (Å²) >= 11 is 0. The number of nitrogens with zero attached hydrogens (tertiary/aromatic N) is 3. The number of alkyl halides is 1. The second-order valence-corrected chi connectivity index (χ2v) is 6.22. The molecule has 2 aromatic rings. The maximum atomic E-state index is 14.0. The van der Waals surface area contributed by atoms with Crippen molar-refractivity contribution in [3.8, 4) is 17.2 Å². The lowest BCUT2D eigenvalue weighted by Gasteiger charge is -2.18. The van der Waals surface area contributed by atoms with Crippen molar-refractivity contribution in [2.75, 3.05) is 31.9 Å². The Hall–Kier alpha value is -2.84. The van der Waals surface area contributed by atoms with Gasteiger partial charge >= 0.3 is 0 Å². The van der Waals surface area contributed by atoms with E-state index in [2.05, 4.69) is 20.3 Å². The molecule has 0 aliphatic rings. The van der Waals surface area contributed by atoms with Gasteiger partial charge in [-0.25, -0.2) is 4.39 Å².